The first kappa shape index (κ1) is 31.0. The van der Waals surface area contributed by atoms with Crippen molar-refractivity contribution in [2.45, 2.75) is 20.1 Å². The molecule has 8 rings (SSSR count). The molecule has 4 aliphatic carbocycles. The fourth-order valence-corrected chi connectivity index (χ4v) is 39.6. The molecule has 4 aromatic carbocycles. The third-order valence-corrected chi connectivity index (χ3v) is 54.5. The van der Waals surface area contributed by atoms with Gasteiger partial charge in [0, 0.05) is 0 Å². The maximum Gasteiger partial charge on any atom is -0.147 e. The Labute approximate surface area is 277 Å². The molecule has 4 aliphatic rings. The van der Waals surface area contributed by atoms with E-state index in [1.54, 1.807) is 6.54 Å². The van der Waals surface area contributed by atoms with E-state index < -0.39 is 17.9 Å². The standard InChI is InChI=1S/2C14H11.2C6H5.2ClH.H3Si.Zr/c2*1-10-5-4-8-13-12-7-3-2-6-11(12)9-14(10)13;2*1-2-4-6-5-3-1;;;;/h2*2-9H,1H3;2*1-5H;2*1H;1H3;. The van der Waals surface area contributed by atoms with Crippen molar-refractivity contribution in [3.63, 3.8) is 0 Å². The molecule has 0 spiro atoms. The number of halogens is 2. The zero-order valence-electron chi connectivity index (χ0n) is 25.3. The van der Waals surface area contributed by atoms with Gasteiger partial charge in [0.1, 0.15) is 0 Å². The van der Waals surface area contributed by atoms with E-state index in [1.165, 1.54) is 44.5 Å². The summed E-state index contributed by atoms with van der Waals surface area (Å²) in [4.78, 5) is 0. The van der Waals surface area contributed by atoms with Crippen molar-refractivity contribution >= 4 is 62.0 Å². The molecule has 44 heavy (non-hydrogen) atoms. The first-order valence-corrected chi connectivity index (χ1v) is 28.4. The van der Waals surface area contributed by atoms with Gasteiger partial charge in [-0.2, -0.15) is 0 Å². The van der Waals surface area contributed by atoms with Crippen LogP contribution in [-0.2, 0) is 17.9 Å². The summed E-state index contributed by atoms with van der Waals surface area (Å²) in [5, 5.41) is 0. The van der Waals surface area contributed by atoms with Crippen LogP contribution in [0.4, 0.5) is 0 Å². The molecule has 0 nitrogen and oxygen atoms in total. The molecule has 0 saturated carbocycles. The number of hydrogen-bond acceptors (Lipinski definition) is 0. The van der Waals surface area contributed by atoms with Gasteiger partial charge in [0.05, 0.1) is 0 Å². The van der Waals surface area contributed by atoms with Gasteiger partial charge in [-0.25, -0.2) is 0 Å². The van der Waals surface area contributed by atoms with Gasteiger partial charge in [-0.1, -0.05) is 0 Å². The summed E-state index contributed by atoms with van der Waals surface area (Å²) < 4.78 is 2.81. The van der Waals surface area contributed by atoms with Crippen LogP contribution in [0, 0.1) is 0 Å². The SMILES string of the molecule is C[C]1([Zr]([SiH3])([c]2ccccc2)([c]2ccccc2)[C]2(C)C=CC=C3C2=Cc2ccccc23)C=CC=C2C1=Cc1ccccc12.Cl.Cl. The van der Waals surface area contributed by atoms with E-state index in [9.17, 15) is 0 Å². The molecule has 0 aromatic heterocycles. The summed E-state index contributed by atoms with van der Waals surface area (Å²) in [6, 6.07) is 41.5. The third kappa shape index (κ3) is 3.60. The Bertz CT molecular complexity index is 1840. The summed E-state index contributed by atoms with van der Waals surface area (Å²) in [6.07, 6.45) is 19.8. The van der Waals surface area contributed by atoms with E-state index >= 15 is 0 Å². The minimum Gasteiger partial charge on any atom is -0.147 e. The molecule has 4 heteroatoms. The largest absolute Gasteiger partial charge is 0.147 e. The van der Waals surface area contributed by atoms with E-state index in [-0.39, 0.29) is 31.1 Å². The molecule has 0 fully saturated rings. The average molecular weight is 708 g/mol. The van der Waals surface area contributed by atoms with Gasteiger partial charge in [0.2, 0.25) is 0 Å². The van der Waals surface area contributed by atoms with Crippen LogP contribution in [0.3, 0.4) is 0 Å². The number of benzene rings is 4. The molecular weight excluding hydrogens is 671 g/mol. The second-order valence-corrected chi connectivity index (χ2v) is 41.4. The van der Waals surface area contributed by atoms with Crippen molar-refractivity contribution < 1.29 is 17.9 Å². The molecule has 4 aromatic rings. The van der Waals surface area contributed by atoms with Gasteiger partial charge in [-0.05, 0) is 0 Å². The van der Waals surface area contributed by atoms with Gasteiger partial charge in [-0.3, -0.25) is 0 Å². The minimum absolute atomic E-state index is 0. The van der Waals surface area contributed by atoms with Crippen LogP contribution in [0.1, 0.15) is 36.1 Å². The van der Waals surface area contributed by atoms with Crippen LogP contribution in [0.15, 0.2) is 157 Å². The Kier molecular flexibility index (Phi) is 7.62. The normalized spacial score (nSPS) is 23.2. The summed E-state index contributed by atoms with van der Waals surface area (Å²) in [7, 11) is 1.05. The van der Waals surface area contributed by atoms with Crippen LogP contribution in [0.5, 0.6) is 0 Å². The number of fused-ring (bicyclic) bond motifs is 6. The number of allylic oxidation sites excluding steroid dienone is 10. The fraction of sp³-hybridized carbons (Fsp3) is 0.100. The fourth-order valence-electron chi connectivity index (χ4n) is 9.27. The first-order valence-electron chi connectivity index (χ1n) is 15.1. The van der Waals surface area contributed by atoms with Gasteiger partial charge < -0.3 is 0 Å². The topological polar surface area (TPSA) is 0 Å². The molecule has 0 aliphatic heterocycles. The van der Waals surface area contributed by atoms with Crippen LogP contribution in [-0.4, -0.2) is 7.37 Å². The van der Waals surface area contributed by atoms with Gasteiger partial charge in [0.25, 0.3) is 0 Å². The maximum atomic E-state index is 2.62. The van der Waals surface area contributed by atoms with Crippen LogP contribution < -0.4 is 6.54 Å². The zero-order valence-corrected chi connectivity index (χ0v) is 31.4. The van der Waals surface area contributed by atoms with E-state index in [0.29, 0.717) is 0 Å². The van der Waals surface area contributed by atoms with Gasteiger partial charge in [0.15, 0.2) is 0 Å². The minimum atomic E-state index is -4.67. The Morgan fingerprint density at radius 3 is 1.27 bits per heavy atom. The molecule has 0 radical (unpaired) electrons. The summed E-state index contributed by atoms with van der Waals surface area (Å²) in [5.74, 6) is 0. The smallest absolute Gasteiger partial charge is 0.147 e. The van der Waals surface area contributed by atoms with E-state index in [2.05, 4.69) is 172 Å². The average Bonchev–Trinajstić information content (AvgIpc) is 3.62. The monoisotopic (exact) mass is 705 g/mol. The number of hydrogen-bond donors (Lipinski definition) is 0. The van der Waals surface area contributed by atoms with Crippen molar-refractivity contribution in [1.82, 2.24) is 0 Å². The number of rotatable bonds is 4. The molecular formula is C40H37Cl2SiZr. The van der Waals surface area contributed by atoms with Crippen molar-refractivity contribution in [2.24, 2.45) is 0 Å². The Hall–Kier alpha value is -3.00. The van der Waals surface area contributed by atoms with E-state index in [4.69, 9.17) is 0 Å². The Morgan fingerprint density at radius 1 is 0.500 bits per heavy atom. The molecule has 0 N–H and O–H groups in total. The predicted molar refractivity (Wildman–Crippen MR) is 196 cm³/mol. The van der Waals surface area contributed by atoms with E-state index in [0.717, 1.165) is 7.37 Å². The molecule has 0 bridgehead atoms. The molecule has 2 unspecified atom stereocenters. The van der Waals surface area contributed by atoms with Crippen LogP contribution in [0.2, 0.25) is 6.25 Å². The van der Waals surface area contributed by atoms with Gasteiger partial charge in [-0.15, -0.1) is 24.8 Å². The first-order chi connectivity index (χ1) is 20.4. The van der Waals surface area contributed by atoms with Crippen molar-refractivity contribution in [1.29, 1.82) is 0 Å². The summed E-state index contributed by atoms with van der Waals surface area (Å²) in [5.41, 5.74) is 11.2. The predicted octanol–water partition coefficient (Wildman–Crippen LogP) is 8.91. The maximum absolute atomic E-state index is 4.67. The second-order valence-electron chi connectivity index (χ2n) is 13.1. The quantitative estimate of drug-likeness (QED) is 0.186. The molecule has 2 atom stereocenters. The van der Waals surface area contributed by atoms with Gasteiger partial charge >= 0.3 is 254 Å². The molecule has 0 heterocycles. The second kappa shape index (κ2) is 10.8. The zero-order chi connectivity index (χ0) is 28.6. The van der Waals surface area contributed by atoms with Crippen molar-refractivity contribution in [3.8, 4) is 0 Å². The van der Waals surface area contributed by atoms with Crippen LogP contribution in [0.25, 0.3) is 23.3 Å². The van der Waals surface area contributed by atoms with Crippen molar-refractivity contribution in [3.05, 3.63) is 179 Å². The van der Waals surface area contributed by atoms with Crippen LogP contribution >= 0.6 is 24.8 Å². The Balaban J connectivity index is 0.00000171. The van der Waals surface area contributed by atoms with E-state index in [1.807, 2.05) is 0 Å². The van der Waals surface area contributed by atoms with Crippen molar-refractivity contribution in [2.75, 3.05) is 0 Å². The third-order valence-electron chi connectivity index (χ3n) is 11.8. The summed E-state index contributed by atoms with van der Waals surface area (Å²) in [6.45, 7) is 5.23. The molecule has 219 valence electrons. The molecule has 0 amide bonds. The molecule has 0 saturated heterocycles. The summed E-state index contributed by atoms with van der Waals surface area (Å²) >= 11 is -4.67. The Morgan fingerprint density at radius 2 is 0.864 bits per heavy atom.